The molecule has 0 spiro atoms. The molecule has 0 radical (unpaired) electrons. The zero-order valence-corrected chi connectivity index (χ0v) is 21.4. The molecule has 0 saturated carbocycles. The van der Waals surface area contributed by atoms with Gasteiger partial charge < -0.3 is 30.1 Å². The van der Waals surface area contributed by atoms with Crippen LogP contribution in [0.2, 0.25) is 0 Å². The standard InChI is InChI=1S/C26H21BrN4O7/c1-30-24(36)16-14-11-7-9(27)4-5-12(11)29-18(14)19-15(17(16)25(30)37)10-3-2-6-28-23(10)31(19)26-22(35)21(34)20(33)13(8-32)38-26/h2-7,13,20-22,26,29,32-35H,8H2,1H3/t13-,20-,21+,22-,26-/m1/s1. The molecule has 194 valence electrons. The summed E-state index contributed by atoms with van der Waals surface area (Å²) in [4.78, 5) is 36.0. The number of aliphatic hydroxyl groups is 4. The number of hydrogen-bond donors (Lipinski definition) is 5. The van der Waals surface area contributed by atoms with Gasteiger partial charge in [0.15, 0.2) is 6.23 Å². The lowest BCUT2D eigenvalue weighted by molar-refractivity contribution is -0.249. The molecule has 5 heterocycles. The molecule has 1 saturated heterocycles. The largest absolute Gasteiger partial charge is 0.394 e. The van der Waals surface area contributed by atoms with Gasteiger partial charge in [0, 0.05) is 44.8 Å². The molecule has 5 aromatic rings. The number of fused-ring (bicyclic) bond motifs is 10. The summed E-state index contributed by atoms with van der Waals surface area (Å²) in [5.41, 5.74) is 2.46. The number of aromatic amines is 1. The van der Waals surface area contributed by atoms with E-state index in [4.69, 9.17) is 4.74 Å². The van der Waals surface area contributed by atoms with Gasteiger partial charge in [0.25, 0.3) is 11.8 Å². The van der Waals surface area contributed by atoms with Crippen LogP contribution in [-0.4, -0.2) is 89.7 Å². The molecule has 2 aliphatic rings. The molecule has 5 N–H and O–H groups in total. The second-order valence-corrected chi connectivity index (χ2v) is 10.6. The van der Waals surface area contributed by atoms with Crippen molar-refractivity contribution in [3.63, 3.8) is 0 Å². The van der Waals surface area contributed by atoms with Crippen molar-refractivity contribution in [2.45, 2.75) is 30.6 Å². The molecular formula is C26H21BrN4O7. The van der Waals surface area contributed by atoms with Crippen LogP contribution in [0, 0.1) is 0 Å². The van der Waals surface area contributed by atoms with Gasteiger partial charge in [-0.1, -0.05) is 15.9 Å². The lowest BCUT2D eigenvalue weighted by atomic mass is 9.96. The maximum atomic E-state index is 13.5. The lowest BCUT2D eigenvalue weighted by Gasteiger charge is -2.40. The van der Waals surface area contributed by atoms with Gasteiger partial charge in [0.1, 0.15) is 30.1 Å². The SMILES string of the molecule is CN1C(=O)c2c(c3c4cccnc4n([C@@H]4O[C@H](CO)[C@@H](O)[C@H](O)[C@H]4O)c3c3[nH]c4ccc(Br)cc4c23)C1=O. The molecule has 0 aliphatic carbocycles. The first kappa shape index (κ1) is 23.7. The number of benzene rings is 2. The topological polar surface area (TPSA) is 161 Å². The first-order valence-electron chi connectivity index (χ1n) is 11.9. The van der Waals surface area contributed by atoms with E-state index >= 15 is 0 Å². The summed E-state index contributed by atoms with van der Waals surface area (Å²) in [6.45, 7) is -0.602. The molecule has 7 rings (SSSR count). The highest BCUT2D eigenvalue weighted by molar-refractivity contribution is 9.10. The van der Waals surface area contributed by atoms with Crippen molar-refractivity contribution in [1.29, 1.82) is 0 Å². The van der Waals surface area contributed by atoms with Crippen LogP contribution in [0.3, 0.4) is 0 Å². The number of nitrogens with one attached hydrogen (secondary N) is 1. The Labute approximate surface area is 222 Å². The highest BCUT2D eigenvalue weighted by atomic mass is 79.9. The minimum atomic E-state index is -1.62. The monoisotopic (exact) mass is 580 g/mol. The Bertz CT molecular complexity index is 1840. The highest BCUT2D eigenvalue weighted by Gasteiger charge is 2.47. The summed E-state index contributed by atoms with van der Waals surface area (Å²) in [6.07, 6.45) is -5.68. The van der Waals surface area contributed by atoms with Gasteiger partial charge in [-0.15, -0.1) is 0 Å². The Hall–Kier alpha value is -3.39. The highest BCUT2D eigenvalue weighted by Crippen LogP contribution is 2.46. The molecule has 5 atom stereocenters. The van der Waals surface area contributed by atoms with Crippen molar-refractivity contribution in [3.05, 3.63) is 52.1 Å². The van der Waals surface area contributed by atoms with Crippen LogP contribution in [0.4, 0.5) is 0 Å². The summed E-state index contributed by atoms with van der Waals surface area (Å²) in [6, 6.07) is 9.01. The minimum absolute atomic E-state index is 0.210. The number of halogens is 1. The Kier molecular flexibility index (Phi) is 5.03. The smallest absolute Gasteiger partial charge is 0.262 e. The van der Waals surface area contributed by atoms with E-state index in [0.717, 1.165) is 9.37 Å². The average molecular weight is 581 g/mol. The van der Waals surface area contributed by atoms with E-state index in [0.29, 0.717) is 43.7 Å². The first-order valence-corrected chi connectivity index (χ1v) is 12.7. The third-order valence-electron chi connectivity index (χ3n) is 7.67. The van der Waals surface area contributed by atoms with Gasteiger partial charge in [-0.3, -0.25) is 19.1 Å². The summed E-state index contributed by atoms with van der Waals surface area (Å²) in [5.74, 6) is -0.909. The predicted molar refractivity (Wildman–Crippen MR) is 140 cm³/mol. The number of pyridine rings is 1. The van der Waals surface area contributed by atoms with Crippen molar-refractivity contribution in [2.24, 2.45) is 0 Å². The fourth-order valence-corrected chi connectivity index (χ4v) is 6.25. The number of nitrogens with zero attached hydrogens (tertiary/aromatic N) is 3. The van der Waals surface area contributed by atoms with E-state index in [1.165, 1.54) is 7.05 Å². The van der Waals surface area contributed by atoms with Crippen molar-refractivity contribution < 1.29 is 34.8 Å². The van der Waals surface area contributed by atoms with Crippen LogP contribution in [0.1, 0.15) is 26.9 Å². The summed E-state index contributed by atoms with van der Waals surface area (Å²) in [7, 11) is 1.43. The molecule has 1 fully saturated rings. The number of imide groups is 1. The van der Waals surface area contributed by atoms with Gasteiger partial charge in [0.05, 0.1) is 28.8 Å². The zero-order chi connectivity index (χ0) is 26.6. The Morgan fingerprint density at radius 1 is 1.03 bits per heavy atom. The summed E-state index contributed by atoms with van der Waals surface area (Å²) in [5, 5.41) is 44.1. The number of ether oxygens (including phenoxy) is 1. The maximum absolute atomic E-state index is 13.5. The van der Waals surface area contributed by atoms with Crippen molar-refractivity contribution in [3.8, 4) is 0 Å². The predicted octanol–water partition coefficient (Wildman–Crippen LogP) is 1.78. The van der Waals surface area contributed by atoms with Gasteiger partial charge in [0.2, 0.25) is 0 Å². The molecule has 0 bridgehead atoms. The van der Waals surface area contributed by atoms with Gasteiger partial charge in [-0.25, -0.2) is 4.98 Å². The number of rotatable bonds is 2. The van der Waals surface area contributed by atoms with Crippen molar-refractivity contribution >= 4 is 71.5 Å². The van der Waals surface area contributed by atoms with Crippen LogP contribution in [0.25, 0.3) is 43.7 Å². The van der Waals surface area contributed by atoms with E-state index < -0.39 is 49.1 Å². The van der Waals surface area contributed by atoms with Gasteiger partial charge in [-0.05, 0) is 30.3 Å². The maximum Gasteiger partial charge on any atom is 0.262 e. The van der Waals surface area contributed by atoms with Crippen molar-refractivity contribution in [1.82, 2.24) is 19.4 Å². The second-order valence-electron chi connectivity index (χ2n) is 9.67. The molecule has 12 heteroatoms. The number of aliphatic hydroxyl groups excluding tert-OH is 4. The first-order chi connectivity index (χ1) is 18.2. The number of hydrogen-bond acceptors (Lipinski definition) is 8. The molecule has 0 unspecified atom stereocenters. The van der Waals surface area contributed by atoms with E-state index in [-0.39, 0.29) is 11.1 Å². The van der Waals surface area contributed by atoms with E-state index in [9.17, 15) is 30.0 Å². The summed E-state index contributed by atoms with van der Waals surface area (Å²) >= 11 is 3.49. The molecule has 3 aromatic heterocycles. The van der Waals surface area contributed by atoms with Crippen LogP contribution >= 0.6 is 15.9 Å². The van der Waals surface area contributed by atoms with Gasteiger partial charge in [-0.2, -0.15) is 0 Å². The third kappa shape index (κ3) is 2.87. The Morgan fingerprint density at radius 3 is 2.50 bits per heavy atom. The Morgan fingerprint density at radius 2 is 1.76 bits per heavy atom. The number of amides is 2. The fourth-order valence-electron chi connectivity index (χ4n) is 5.89. The fraction of sp³-hybridized carbons (Fsp3) is 0.269. The molecule has 2 aliphatic heterocycles. The van der Waals surface area contributed by atoms with E-state index in [2.05, 4.69) is 25.9 Å². The quantitative estimate of drug-likeness (QED) is 0.197. The lowest BCUT2D eigenvalue weighted by Crippen LogP contribution is -2.56. The molecule has 38 heavy (non-hydrogen) atoms. The van der Waals surface area contributed by atoms with Gasteiger partial charge >= 0.3 is 0 Å². The average Bonchev–Trinajstić information content (AvgIpc) is 3.52. The molecule has 2 amide bonds. The Balaban J connectivity index is 1.71. The van der Waals surface area contributed by atoms with Crippen LogP contribution in [-0.2, 0) is 4.74 Å². The molecule has 2 aromatic carbocycles. The minimum Gasteiger partial charge on any atom is -0.394 e. The van der Waals surface area contributed by atoms with Crippen LogP contribution in [0.5, 0.6) is 0 Å². The summed E-state index contributed by atoms with van der Waals surface area (Å²) < 4.78 is 8.30. The number of aromatic nitrogens is 3. The van der Waals surface area contributed by atoms with E-state index in [1.54, 1.807) is 22.9 Å². The van der Waals surface area contributed by atoms with Crippen LogP contribution in [0.15, 0.2) is 41.0 Å². The third-order valence-corrected chi connectivity index (χ3v) is 8.16. The normalized spacial score (nSPS) is 25.9. The number of H-pyrrole nitrogens is 1. The number of carbonyl (C=O) groups excluding carboxylic acids is 2. The molecule has 11 nitrogen and oxygen atoms in total. The number of carbonyl (C=O) groups is 2. The van der Waals surface area contributed by atoms with Crippen molar-refractivity contribution in [2.75, 3.05) is 13.7 Å². The molecular weight excluding hydrogens is 560 g/mol. The second kappa shape index (κ2) is 8.06. The van der Waals surface area contributed by atoms with E-state index in [1.807, 2.05) is 18.2 Å². The zero-order valence-electron chi connectivity index (χ0n) is 19.8. The van der Waals surface area contributed by atoms with Crippen LogP contribution < -0.4 is 0 Å².